The molecule has 7 heteroatoms. The standard InChI is InChI=1S/C29H30N6O/c1-20-11-21(2)18-34(17-20)19-24-7-8-26(12-22(24)3)33-29(36)25-13-23(14-30-15-25)6-9-27-16-31-28-5-4-10-32-35(27)28/h4-5,7-8,10,12-16,20-21H,11,17-19H2,1-3H3,(H,33,36)/t20-,21+. The summed E-state index contributed by atoms with van der Waals surface area (Å²) in [6, 6.07) is 11.6. The van der Waals surface area contributed by atoms with Crippen LogP contribution < -0.4 is 5.32 Å². The number of imidazole rings is 1. The SMILES string of the molecule is Cc1cc(NC(=O)c2cncc(C#Cc3cnc4cccnn34)c2)ccc1CN1C[C@H](C)C[C@H](C)C1. The Balaban J connectivity index is 1.26. The van der Waals surface area contributed by atoms with Crippen LogP contribution in [0.1, 0.15) is 53.0 Å². The molecule has 0 spiro atoms. The number of amides is 1. The molecular weight excluding hydrogens is 448 g/mol. The average Bonchev–Trinajstić information content (AvgIpc) is 3.27. The minimum Gasteiger partial charge on any atom is -0.322 e. The van der Waals surface area contributed by atoms with E-state index in [0.29, 0.717) is 16.8 Å². The Morgan fingerprint density at radius 3 is 2.72 bits per heavy atom. The molecule has 182 valence electrons. The Morgan fingerprint density at radius 1 is 1.08 bits per heavy atom. The predicted octanol–water partition coefficient (Wildman–Crippen LogP) is 4.56. The number of likely N-dealkylation sites (tertiary alicyclic amines) is 1. The summed E-state index contributed by atoms with van der Waals surface area (Å²) in [6.45, 7) is 10.0. The van der Waals surface area contributed by atoms with Gasteiger partial charge in [0.1, 0.15) is 5.69 Å². The van der Waals surface area contributed by atoms with Crippen molar-refractivity contribution < 1.29 is 4.79 Å². The minimum atomic E-state index is -0.214. The van der Waals surface area contributed by atoms with Crippen LogP contribution in [-0.2, 0) is 6.54 Å². The molecule has 2 atom stereocenters. The van der Waals surface area contributed by atoms with E-state index < -0.39 is 0 Å². The third kappa shape index (κ3) is 5.45. The van der Waals surface area contributed by atoms with E-state index in [4.69, 9.17) is 0 Å². The molecule has 1 aliphatic heterocycles. The summed E-state index contributed by atoms with van der Waals surface area (Å²) in [5, 5.41) is 7.27. The third-order valence-corrected chi connectivity index (χ3v) is 6.55. The summed E-state index contributed by atoms with van der Waals surface area (Å²) in [6.07, 6.45) is 7.87. The second-order valence-electron chi connectivity index (χ2n) is 9.88. The molecule has 4 aromatic rings. The van der Waals surface area contributed by atoms with E-state index in [1.54, 1.807) is 35.4 Å². The molecule has 1 amide bonds. The minimum absolute atomic E-state index is 0.214. The van der Waals surface area contributed by atoms with Gasteiger partial charge in [-0.15, -0.1) is 0 Å². The molecule has 1 N–H and O–H groups in total. The van der Waals surface area contributed by atoms with Crippen molar-refractivity contribution in [1.29, 1.82) is 0 Å². The van der Waals surface area contributed by atoms with E-state index in [-0.39, 0.29) is 5.91 Å². The number of aryl methyl sites for hydroxylation is 1. The van der Waals surface area contributed by atoms with Crippen LogP contribution in [0.5, 0.6) is 0 Å². The van der Waals surface area contributed by atoms with Crippen molar-refractivity contribution in [3.8, 4) is 11.8 Å². The second-order valence-corrected chi connectivity index (χ2v) is 9.88. The third-order valence-electron chi connectivity index (χ3n) is 6.55. The van der Waals surface area contributed by atoms with Gasteiger partial charge in [0.15, 0.2) is 5.65 Å². The first-order chi connectivity index (χ1) is 17.4. The maximum absolute atomic E-state index is 12.9. The number of hydrogen-bond donors (Lipinski definition) is 1. The Labute approximate surface area is 211 Å². The zero-order chi connectivity index (χ0) is 25.1. The monoisotopic (exact) mass is 478 g/mol. The Morgan fingerprint density at radius 2 is 1.92 bits per heavy atom. The van der Waals surface area contributed by atoms with E-state index in [1.165, 1.54) is 17.5 Å². The Kier molecular flexibility index (Phi) is 6.79. The highest BCUT2D eigenvalue weighted by Gasteiger charge is 2.22. The maximum Gasteiger partial charge on any atom is 0.257 e. The van der Waals surface area contributed by atoms with E-state index in [2.05, 4.69) is 64.0 Å². The topological polar surface area (TPSA) is 75.4 Å². The summed E-state index contributed by atoms with van der Waals surface area (Å²) in [5.41, 5.74) is 5.75. The van der Waals surface area contributed by atoms with Crippen LogP contribution in [0.15, 0.2) is 61.2 Å². The van der Waals surface area contributed by atoms with Crippen molar-refractivity contribution >= 4 is 17.2 Å². The van der Waals surface area contributed by atoms with Crippen LogP contribution in [0.3, 0.4) is 0 Å². The van der Waals surface area contributed by atoms with Gasteiger partial charge in [0.25, 0.3) is 5.91 Å². The zero-order valence-electron chi connectivity index (χ0n) is 20.9. The van der Waals surface area contributed by atoms with Crippen LogP contribution in [0, 0.1) is 30.6 Å². The van der Waals surface area contributed by atoms with Gasteiger partial charge in [-0.3, -0.25) is 14.7 Å². The number of anilines is 1. The molecule has 0 saturated carbocycles. The van der Waals surface area contributed by atoms with Gasteiger partial charge in [-0.25, -0.2) is 9.50 Å². The Hall–Kier alpha value is -4.02. The van der Waals surface area contributed by atoms with Crippen molar-refractivity contribution in [3.63, 3.8) is 0 Å². The fourth-order valence-electron chi connectivity index (χ4n) is 5.00. The number of carbonyl (C=O) groups is 1. The average molecular weight is 479 g/mol. The number of pyridine rings is 1. The highest BCUT2D eigenvalue weighted by Crippen LogP contribution is 2.24. The first-order valence-corrected chi connectivity index (χ1v) is 12.3. The molecule has 3 aromatic heterocycles. The molecule has 1 aliphatic rings. The molecule has 0 bridgehead atoms. The molecule has 0 unspecified atom stereocenters. The molecule has 0 radical (unpaired) electrons. The maximum atomic E-state index is 12.9. The van der Waals surface area contributed by atoms with Gasteiger partial charge in [0.05, 0.1) is 11.8 Å². The number of aromatic nitrogens is 4. The predicted molar refractivity (Wildman–Crippen MR) is 141 cm³/mol. The Bertz CT molecular complexity index is 1450. The molecule has 1 saturated heterocycles. The highest BCUT2D eigenvalue weighted by molar-refractivity contribution is 6.04. The lowest BCUT2D eigenvalue weighted by molar-refractivity contribution is 0.102. The van der Waals surface area contributed by atoms with E-state index in [1.807, 2.05) is 24.3 Å². The van der Waals surface area contributed by atoms with E-state index in [0.717, 1.165) is 42.8 Å². The fourth-order valence-corrected chi connectivity index (χ4v) is 5.00. The largest absolute Gasteiger partial charge is 0.322 e. The fraction of sp³-hybridized carbons (Fsp3) is 0.310. The van der Waals surface area contributed by atoms with Gasteiger partial charge < -0.3 is 5.32 Å². The number of rotatable bonds is 4. The van der Waals surface area contributed by atoms with E-state index in [9.17, 15) is 4.79 Å². The van der Waals surface area contributed by atoms with Gasteiger partial charge in [0.2, 0.25) is 0 Å². The summed E-state index contributed by atoms with van der Waals surface area (Å²) in [7, 11) is 0. The smallest absolute Gasteiger partial charge is 0.257 e. The number of fused-ring (bicyclic) bond motifs is 1. The van der Waals surface area contributed by atoms with Gasteiger partial charge in [0, 0.05) is 49.5 Å². The van der Waals surface area contributed by atoms with Crippen molar-refractivity contribution in [3.05, 3.63) is 89.1 Å². The number of piperidine rings is 1. The number of carbonyl (C=O) groups excluding carboxylic acids is 1. The molecule has 4 heterocycles. The molecule has 7 nitrogen and oxygen atoms in total. The van der Waals surface area contributed by atoms with Gasteiger partial charge >= 0.3 is 0 Å². The lowest BCUT2D eigenvalue weighted by Gasteiger charge is -2.35. The van der Waals surface area contributed by atoms with Gasteiger partial charge in [-0.2, -0.15) is 5.10 Å². The van der Waals surface area contributed by atoms with Crippen molar-refractivity contribution in [2.75, 3.05) is 18.4 Å². The number of benzene rings is 1. The van der Waals surface area contributed by atoms with Crippen molar-refractivity contribution in [2.45, 2.75) is 33.7 Å². The number of nitrogens with zero attached hydrogens (tertiary/aromatic N) is 5. The van der Waals surface area contributed by atoms with Crippen LogP contribution >= 0.6 is 0 Å². The normalized spacial score (nSPS) is 18.0. The quantitative estimate of drug-likeness (QED) is 0.435. The number of hydrogen-bond acceptors (Lipinski definition) is 5. The molecule has 1 fully saturated rings. The lowest BCUT2D eigenvalue weighted by Crippen LogP contribution is -2.38. The summed E-state index contributed by atoms with van der Waals surface area (Å²) in [5.74, 6) is 7.38. The second kappa shape index (κ2) is 10.3. The molecular formula is C29H30N6O. The van der Waals surface area contributed by atoms with Crippen LogP contribution in [-0.4, -0.2) is 43.5 Å². The van der Waals surface area contributed by atoms with Gasteiger partial charge in [-0.05, 0) is 72.6 Å². The molecule has 1 aromatic carbocycles. The zero-order valence-corrected chi connectivity index (χ0v) is 20.9. The lowest BCUT2D eigenvalue weighted by atomic mass is 9.91. The molecule has 0 aliphatic carbocycles. The first-order valence-electron chi connectivity index (χ1n) is 12.3. The van der Waals surface area contributed by atoms with Crippen LogP contribution in [0.2, 0.25) is 0 Å². The molecule has 36 heavy (non-hydrogen) atoms. The van der Waals surface area contributed by atoms with Crippen LogP contribution in [0.25, 0.3) is 5.65 Å². The van der Waals surface area contributed by atoms with Gasteiger partial charge in [-0.1, -0.05) is 25.8 Å². The summed E-state index contributed by atoms with van der Waals surface area (Å²) < 4.78 is 1.68. The van der Waals surface area contributed by atoms with Crippen LogP contribution in [0.4, 0.5) is 5.69 Å². The highest BCUT2D eigenvalue weighted by atomic mass is 16.1. The van der Waals surface area contributed by atoms with Crippen molar-refractivity contribution in [2.24, 2.45) is 11.8 Å². The molecule has 5 rings (SSSR count). The van der Waals surface area contributed by atoms with Crippen molar-refractivity contribution in [1.82, 2.24) is 24.5 Å². The van der Waals surface area contributed by atoms with E-state index >= 15 is 0 Å². The summed E-state index contributed by atoms with van der Waals surface area (Å²) >= 11 is 0. The first kappa shape index (κ1) is 23.7. The number of nitrogens with one attached hydrogen (secondary N) is 1. The summed E-state index contributed by atoms with van der Waals surface area (Å²) in [4.78, 5) is 24.0.